The van der Waals surface area contributed by atoms with Gasteiger partial charge in [-0.2, -0.15) is 5.10 Å². The smallest absolute Gasteiger partial charge is 0.316 e. The summed E-state index contributed by atoms with van der Waals surface area (Å²) in [6, 6.07) is 5.88. The van der Waals surface area contributed by atoms with E-state index >= 15 is 0 Å². The Morgan fingerprint density at radius 2 is 2.04 bits per heavy atom. The molecule has 7 nitrogen and oxygen atoms in total. The van der Waals surface area contributed by atoms with Gasteiger partial charge in [0.15, 0.2) is 0 Å². The van der Waals surface area contributed by atoms with Gasteiger partial charge in [-0.3, -0.25) is 4.99 Å². The second-order valence-electron chi connectivity index (χ2n) is 5.78. The number of hydrogen-bond donors (Lipinski definition) is 1. The molecule has 2 rings (SSSR count). The van der Waals surface area contributed by atoms with Crippen molar-refractivity contribution >= 4 is 17.6 Å². The van der Waals surface area contributed by atoms with Crippen LogP contribution >= 0.6 is 0 Å². The summed E-state index contributed by atoms with van der Waals surface area (Å²) in [5, 5.41) is 3.57. The van der Waals surface area contributed by atoms with Crippen LogP contribution in [0.4, 0.5) is 14.5 Å². The number of hydrogen-bond acceptors (Lipinski definition) is 7. The zero-order valence-corrected chi connectivity index (χ0v) is 15.3. The van der Waals surface area contributed by atoms with E-state index in [1.165, 1.54) is 24.4 Å². The van der Waals surface area contributed by atoms with Crippen molar-refractivity contribution < 1.29 is 18.3 Å². The molecular weight excluding hydrogens is 356 g/mol. The van der Waals surface area contributed by atoms with Crippen molar-refractivity contribution in [3.63, 3.8) is 0 Å². The van der Waals surface area contributed by atoms with E-state index < -0.39 is 5.92 Å². The van der Waals surface area contributed by atoms with E-state index in [0.29, 0.717) is 11.4 Å². The molecule has 0 fully saturated rings. The van der Waals surface area contributed by atoms with Crippen LogP contribution in [0, 0.1) is 0 Å². The Kier molecular flexibility index (Phi) is 6.89. The van der Waals surface area contributed by atoms with Crippen molar-refractivity contribution in [1.82, 2.24) is 9.97 Å². The second kappa shape index (κ2) is 9.13. The normalized spacial score (nSPS) is 13.7. The summed E-state index contributed by atoms with van der Waals surface area (Å²) < 4.78 is 37.3. The van der Waals surface area contributed by atoms with Gasteiger partial charge in [0, 0.05) is 37.6 Å². The monoisotopic (exact) mass is 377 g/mol. The van der Waals surface area contributed by atoms with Gasteiger partial charge in [-0.05, 0) is 19.1 Å². The zero-order valence-electron chi connectivity index (χ0n) is 15.3. The number of alkyl halides is 2. The molecule has 1 aromatic carbocycles. The minimum atomic E-state index is -2.94. The molecule has 0 aliphatic rings. The maximum atomic E-state index is 13.4. The number of ether oxygens (including phenoxy) is 2. The highest BCUT2D eigenvalue weighted by Crippen LogP contribution is 2.29. The number of halogens is 2. The minimum absolute atomic E-state index is 0.0250. The van der Waals surface area contributed by atoms with Crippen LogP contribution in [-0.2, 0) is 10.7 Å². The summed E-state index contributed by atoms with van der Waals surface area (Å²) in [6.45, 7) is 2.68. The Hall–Kier alpha value is -2.94. The topological polar surface area (TPSA) is 95.0 Å². The fourth-order valence-corrected chi connectivity index (χ4v) is 2.00. The molecule has 0 spiro atoms. The first kappa shape index (κ1) is 20.4. The molecule has 0 radical (unpaired) electrons. The molecule has 9 heteroatoms. The zero-order chi connectivity index (χ0) is 19.9. The molecule has 0 amide bonds. The van der Waals surface area contributed by atoms with Crippen molar-refractivity contribution in [3.05, 3.63) is 47.8 Å². The average Bonchev–Trinajstić information content (AvgIpc) is 2.67. The summed E-state index contributed by atoms with van der Waals surface area (Å²) in [4.78, 5) is 12.3. The Morgan fingerprint density at radius 1 is 1.33 bits per heavy atom. The fraction of sp³-hybridized carbons (Fsp3) is 0.333. The van der Waals surface area contributed by atoms with Crippen LogP contribution in [0.2, 0.25) is 0 Å². The molecule has 27 heavy (non-hydrogen) atoms. The molecule has 2 N–H and O–H groups in total. The van der Waals surface area contributed by atoms with E-state index in [4.69, 9.17) is 15.3 Å². The Morgan fingerprint density at radius 3 is 2.63 bits per heavy atom. The molecule has 1 unspecified atom stereocenters. The van der Waals surface area contributed by atoms with E-state index in [2.05, 4.69) is 20.1 Å². The predicted octanol–water partition coefficient (Wildman–Crippen LogP) is 3.39. The second-order valence-corrected chi connectivity index (χ2v) is 5.78. The van der Waals surface area contributed by atoms with Gasteiger partial charge in [-0.25, -0.2) is 18.7 Å². The Labute approximate surface area is 156 Å². The summed E-state index contributed by atoms with van der Waals surface area (Å²) in [7, 11) is 1.59. The van der Waals surface area contributed by atoms with E-state index in [-0.39, 0.29) is 24.3 Å². The van der Waals surface area contributed by atoms with Gasteiger partial charge in [-0.1, -0.05) is 12.1 Å². The highest BCUT2D eigenvalue weighted by atomic mass is 19.3. The number of benzene rings is 1. The van der Waals surface area contributed by atoms with Gasteiger partial charge in [0.05, 0.1) is 18.0 Å². The quantitative estimate of drug-likeness (QED) is 0.432. The molecule has 1 atom stereocenters. The van der Waals surface area contributed by atoms with Crippen molar-refractivity contribution in [2.45, 2.75) is 25.9 Å². The van der Waals surface area contributed by atoms with Crippen LogP contribution in [0.3, 0.4) is 0 Å². The molecule has 144 valence electrons. The largest absolute Gasteiger partial charge is 0.457 e. The lowest BCUT2D eigenvalue weighted by atomic mass is 10.1. The van der Waals surface area contributed by atoms with Crippen LogP contribution in [0.25, 0.3) is 0 Å². The number of methoxy groups -OCH3 is 1. The number of rotatable bonds is 8. The van der Waals surface area contributed by atoms with Crippen LogP contribution in [0.15, 0.2) is 46.8 Å². The van der Waals surface area contributed by atoms with Gasteiger partial charge < -0.3 is 15.3 Å². The lowest BCUT2D eigenvalue weighted by Gasteiger charge is -2.10. The van der Waals surface area contributed by atoms with Crippen LogP contribution in [0.5, 0.6) is 6.01 Å². The Balaban J connectivity index is 1.99. The molecule has 0 saturated heterocycles. The SMILES string of the molecule is COC(C)c1cnc(OCC(C=Nc2cccc(C(C)(F)F)c2)=NN)nc1. The summed E-state index contributed by atoms with van der Waals surface area (Å²) in [6.07, 6.45) is 4.41. The molecule has 0 aliphatic heterocycles. The first-order chi connectivity index (χ1) is 12.8. The summed E-state index contributed by atoms with van der Waals surface area (Å²) in [5.41, 5.74) is 1.33. The maximum Gasteiger partial charge on any atom is 0.316 e. The molecule has 1 aromatic heterocycles. The molecule has 0 aliphatic carbocycles. The van der Waals surface area contributed by atoms with Crippen LogP contribution < -0.4 is 10.6 Å². The molecule has 0 saturated carbocycles. The van der Waals surface area contributed by atoms with E-state index in [1.807, 2.05) is 6.92 Å². The van der Waals surface area contributed by atoms with E-state index in [0.717, 1.165) is 12.5 Å². The van der Waals surface area contributed by atoms with Crippen LogP contribution in [0.1, 0.15) is 31.1 Å². The summed E-state index contributed by atoms with van der Waals surface area (Å²) >= 11 is 0. The van der Waals surface area contributed by atoms with Gasteiger partial charge in [0.1, 0.15) is 12.3 Å². The number of nitrogens with zero attached hydrogens (tertiary/aromatic N) is 4. The first-order valence-corrected chi connectivity index (χ1v) is 8.10. The molecule has 2 aromatic rings. The van der Waals surface area contributed by atoms with Gasteiger partial charge >= 0.3 is 6.01 Å². The third-order valence-corrected chi connectivity index (χ3v) is 3.70. The standard InChI is InChI=1S/C18H21F2N5O2/c1-12(26-3)13-8-23-17(24-9-13)27-11-16(25-21)10-22-15-6-4-5-14(7-15)18(2,19)20/h4-10,12H,11,21H2,1-3H3. The highest BCUT2D eigenvalue weighted by Gasteiger charge is 2.24. The number of aliphatic imine (C=N–C) groups is 1. The highest BCUT2D eigenvalue weighted by molar-refractivity contribution is 6.31. The minimum Gasteiger partial charge on any atom is -0.457 e. The molecular formula is C18H21F2N5O2. The van der Waals surface area contributed by atoms with E-state index in [9.17, 15) is 8.78 Å². The van der Waals surface area contributed by atoms with Crippen molar-refractivity contribution in [3.8, 4) is 6.01 Å². The predicted molar refractivity (Wildman–Crippen MR) is 98.7 cm³/mol. The van der Waals surface area contributed by atoms with Gasteiger partial charge in [-0.15, -0.1) is 0 Å². The average molecular weight is 377 g/mol. The van der Waals surface area contributed by atoms with Gasteiger partial charge in [0.25, 0.3) is 5.92 Å². The number of nitrogens with two attached hydrogens (primary N) is 1. The fourth-order valence-electron chi connectivity index (χ4n) is 2.00. The lowest BCUT2D eigenvalue weighted by molar-refractivity contribution is 0.0175. The van der Waals surface area contributed by atoms with Crippen LogP contribution in [-0.4, -0.2) is 35.6 Å². The molecule has 0 bridgehead atoms. The van der Waals surface area contributed by atoms with Crippen molar-refractivity contribution in [2.24, 2.45) is 15.9 Å². The molecule has 1 heterocycles. The third kappa shape index (κ3) is 6.07. The third-order valence-electron chi connectivity index (χ3n) is 3.70. The first-order valence-electron chi connectivity index (χ1n) is 8.10. The van der Waals surface area contributed by atoms with E-state index in [1.54, 1.807) is 25.6 Å². The Bertz CT molecular complexity index is 804. The number of aromatic nitrogens is 2. The summed E-state index contributed by atoms with van der Waals surface area (Å²) in [5.74, 6) is 2.38. The lowest BCUT2D eigenvalue weighted by Crippen LogP contribution is -2.16. The van der Waals surface area contributed by atoms with Crippen molar-refractivity contribution in [1.29, 1.82) is 0 Å². The van der Waals surface area contributed by atoms with Gasteiger partial charge in [0.2, 0.25) is 0 Å². The maximum absolute atomic E-state index is 13.4. The van der Waals surface area contributed by atoms with Crippen molar-refractivity contribution in [2.75, 3.05) is 13.7 Å². The number of hydrazone groups is 1.